The van der Waals surface area contributed by atoms with Gasteiger partial charge in [-0.3, -0.25) is 38.8 Å². The molecule has 11 rings (SSSR count). The third-order valence-corrected chi connectivity index (χ3v) is 18.8. The standard InChI is InChI=1S/C63H84N12O27/c1-24(26-5-3-2-4-6-26)39-55(91)69-29(15-25-7-10-28(11-8-25)97-60-49(87)46(84)51(36(22-78)99-60)102-61-50(88)47(85)52-37(100-61)23-96-59(101-52)27-9-12-33-34(16-27)95-14-13-94-33)54(90)73-40(42(80)30-17-67-62(64)71-30)57(93)74-41(56(92)70-31(20-76)53(89)66-19-38(79)72-39)43(81)32-18-68-63(65)75(32)58-48(86)45(83)44(82)35(21-77)98-58/h2-12,16,24,29-32,35-37,39-52,58-61,76-78,80-88H,13-15,17-23H2,1H3,(H2,65,68)(H,66,89)(H,69,91)(H,70,92)(H,72,79)(H,73,90)(H,74,93)(H3,64,67,71). The number of ether oxygens (including phenoxy) is 9. The number of benzene rings is 3. The number of nitrogens with zero attached hydrogens (tertiary/aromatic N) is 3. The van der Waals surface area contributed by atoms with Gasteiger partial charge in [0.2, 0.25) is 41.7 Å². The van der Waals surface area contributed by atoms with Crippen molar-refractivity contribution in [2.45, 2.75) is 172 Å². The maximum atomic E-state index is 15.2. The lowest BCUT2D eigenvalue weighted by molar-refractivity contribution is -0.383. The molecular formula is C63H84N12O27. The summed E-state index contributed by atoms with van der Waals surface area (Å²) >= 11 is 0. The second-order valence-corrected chi connectivity index (χ2v) is 25.6. The molecule has 5 saturated heterocycles. The molecule has 0 bridgehead atoms. The largest absolute Gasteiger partial charge is 0.486 e. The molecule has 0 radical (unpaired) electrons. The number of carbonyl (C=O) groups is 6. The number of aliphatic hydroxyl groups excluding tert-OH is 12. The zero-order valence-electron chi connectivity index (χ0n) is 54.5. The summed E-state index contributed by atoms with van der Waals surface area (Å²) < 4.78 is 52.8. The number of guanidine groups is 2. The monoisotopic (exact) mass is 1440 g/mol. The summed E-state index contributed by atoms with van der Waals surface area (Å²) in [6.07, 6.45) is -31.1. The first kappa shape index (κ1) is 74.9. The number of hydrogen-bond donors (Lipinski definition) is 21. The van der Waals surface area contributed by atoms with Crippen molar-refractivity contribution >= 4 is 47.4 Å². The average Bonchev–Trinajstić information content (AvgIpc) is 1.41. The van der Waals surface area contributed by atoms with Gasteiger partial charge in [-0.05, 0) is 35.4 Å². The number of nitrogens with two attached hydrogens (primary N) is 2. The van der Waals surface area contributed by atoms with Crippen LogP contribution in [0.4, 0.5) is 0 Å². The molecular weight excluding hydrogens is 1360 g/mol. The van der Waals surface area contributed by atoms with Crippen LogP contribution < -0.4 is 62.9 Å². The van der Waals surface area contributed by atoms with E-state index in [1.165, 1.54) is 24.3 Å². The van der Waals surface area contributed by atoms with Gasteiger partial charge in [-0.2, -0.15) is 0 Å². The number of aliphatic imine (C=N–C) groups is 2. The van der Waals surface area contributed by atoms with E-state index in [4.69, 9.17) is 54.1 Å². The van der Waals surface area contributed by atoms with Crippen LogP contribution in [0.1, 0.15) is 35.8 Å². The first-order valence-corrected chi connectivity index (χ1v) is 32.8. The number of aliphatic hydroxyl groups is 12. The summed E-state index contributed by atoms with van der Waals surface area (Å²) in [4.78, 5) is 96.6. The van der Waals surface area contributed by atoms with Crippen LogP contribution in [0.3, 0.4) is 0 Å². The maximum Gasteiger partial charge on any atom is 0.246 e. The van der Waals surface area contributed by atoms with Crippen molar-refractivity contribution in [2.75, 3.05) is 59.3 Å². The molecule has 5 fully saturated rings. The maximum absolute atomic E-state index is 15.2. The quantitative estimate of drug-likeness (QED) is 0.0597. The first-order valence-electron chi connectivity index (χ1n) is 32.8. The summed E-state index contributed by atoms with van der Waals surface area (Å²) in [5.74, 6) is -7.95. The highest BCUT2D eigenvalue weighted by Crippen LogP contribution is 2.40. The second-order valence-electron chi connectivity index (χ2n) is 25.6. The number of carbonyl (C=O) groups excluding carboxylic acids is 6. The van der Waals surface area contributed by atoms with Crippen molar-refractivity contribution in [3.8, 4) is 17.2 Å². The van der Waals surface area contributed by atoms with E-state index < -0.39 is 239 Å². The Bertz CT molecular complexity index is 3510. The molecule has 102 heavy (non-hydrogen) atoms. The van der Waals surface area contributed by atoms with Gasteiger partial charge in [-0.25, -0.2) is 0 Å². The zero-order valence-corrected chi connectivity index (χ0v) is 54.5. The van der Waals surface area contributed by atoms with Crippen LogP contribution in [-0.4, -0.2) is 319 Å². The lowest BCUT2D eigenvalue weighted by Gasteiger charge is -2.48. The van der Waals surface area contributed by atoms with Crippen LogP contribution in [0, 0.1) is 0 Å². The van der Waals surface area contributed by atoms with E-state index in [0.29, 0.717) is 35.8 Å². The van der Waals surface area contributed by atoms with Crippen LogP contribution in [0.2, 0.25) is 0 Å². The Labute approximate surface area is 580 Å². The highest BCUT2D eigenvalue weighted by molar-refractivity contribution is 5.98. The fourth-order valence-corrected chi connectivity index (χ4v) is 13.1. The van der Waals surface area contributed by atoms with Crippen molar-refractivity contribution in [3.05, 3.63) is 89.5 Å². The van der Waals surface area contributed by atoms with Gasteiger partial charge in [0.1, 0.15) is 135 Å². The predicted octanol–water partition coefficient (Wildman–Crippen LogP) is -11.1. The Morgan fingerprint density at radius 3 is 1.97 bits per heavy atom. The number of amides is 6. The highest BCUT2D eigenvalue weighted by atomic mass is 16.8. The van der Waals surface area contributed by atoms with Crippen LogP contribution in [-0.2, 0) is 63.6 Å². The van der Waals surface area contributed by atoms with E-state index in [9.17, 15) is 80.5 Å². The van der Waals surface area contributed by atoms with Crippen molar-refractivity contribution in [3.63, 3.8) is 0 Å². The number of rotatable bonds is 17. The lowest BCUT2D eigenvalue weighted by atomic mass is 9.92. The van der Waals surface area contributed by atoms with E-state index in [0.717, 1.165) is 4.90 Å². The van der Waals surface area contributed by atoms with Gasteiger partial charge in [0.15, 0.2) is 42.2 Å². The minimum atomic E-state index is -2.35. The summed E-state index contributed by atoms with van der Waals surface area (Å²) in [7, 11) is 0. The molecule has 0 aliphatic carbocycles. The van der Waals surface area contributed by atoms with E-state index in [2.05, 4.69) is 47.2 Å². The van der Waals surface area contributed by atoms with Gasteiger partial charge in [0.05, 0.1) is 58.1 Å². The lowest BCUT2D eigenvalue weighted by Crippen LogP contribution is -2.70. The normalized spacial score (nSPS) is 36.6. The van der Waals surface area contributed by atoms with E-state index in [-0.39, 0.29) is 30.4 Å². The molecule has 39 nitrogen and oxygen atoms in total. The summed E-state index contributed by atoms with van der Waals surface area (Å²) in [5.41, 5.74) is 13.4. The minimum absolute atomic E-state index is 0.0532. The molecule has 26 unspecified atom stereocenters. The Hall–Kier alpha value is -8.30. The molecule has 0 spiro atoms. The molecule has 558 valence electrons. The number of hydrogen-bond acceptors (Lipinski definition) is 33. The van der Waals surface area contributed by atoms with Gasteiger partial charge >= 0.3 is 0 Å². The van der Waals surface area contributed by atoms with E-state index >= 15 is 9.59 Å². The Morgan fingerprint density at radius 1 is 0.608 bits per heavy atom. The van der Waals surface area contributed by atoms with Crippen molar-refractivity contribution in [2.24, 2.45) is 21.5 Å². The van der Waals surface area contributed by atoms with Gasteiger partial charge in [0, 0.05) is 17.9 Å². The molecule has 0 aromatic heterocycles. The minimum Gasteiger partial charge on any atom is -0.486 e. The van der Waals surface area contributed by atoms with Crippen molar-refractivity contribution in [1.29, 1.82) is 0 Å². The first-order chi connectivity index (χ1) is 48.9. The summed E-state index contributed by atoms with van der Waals surface area (Å²) in [5, 5.41) is 151. The fourth-order valence-electron chi connectivity index (χ4n) is 13.1. The van der Waals surface area contributed by atoms with Crippen LogP contribution in [0.15, 0.2) is 82.8 Å². The summed E-state index contributed by atoms with van der Waals surface area (Å²) in [6.45, 7) is -2.57. The van der Waals surface area contributed by atoms with Crippen molar-refractivity contribution in [1.82, 2.24) is 42.1 Å². The van der Waals surface area contributed by atoms with Gasteiger partial charge in [-0.1, -0.05) is 55.5 Å². The molecule has 8 heterocycles. The fraction of sp³-hybridized carbons (Fsp3) is 0.587. The smallest absolute Gasteiger partial charge is 0.246 e. The van der Waals surface area contributed by atoms with Crippen LogP contribution in [0.5, 0.6) is 17.2 Å². The van der Waals surface area contributed by atoms with Gasteiger partial charge in [-0.15, -0.1) is 0 Å². The Morgan fingerprint density at radius 2 is 1.27 bits per heavy atom. The number of nitrogens with one attached hydrogen (secondary N) is 7. The molecule has 26 atom stereocenters. The third kappa shape index (κ3) is 16.2. The molecule has 3 aromatic rings. The molecule has 6 amide bonds. The highest BCUT2D eigenvalue weighted by Gasteiger charge is 2.55. The van der Waals surface area contributed by atoms with Gasteiger partial charge in [0.25, 0.3) is 0 Å². The zero-order chi connectivity index (χ0) is 73.0. The van der Waals surface area contributed by atoms with Crippen LogP contribution in [0.25, 0.3) is 0 Å². The van der Waals surface area contributed by atoms with E-state index in [1.54, 1.807) is 55.5 Å². The SMILES string of the molecule is CC(c1ccccc1)C1NC(=O)CNC(=O)C(CO)NC(=O)C(C(O)C2CN=C(N)N2C2OC(CO)C(O)C(O)C2O)NC(=O)C(C(O)C2CN=C(N)N2)NC(=O)C(Cc2ccc(OC3OC(CO)C(OC4OC5COC(c6ccc7c(c6)OCCO7)OC5C(O)C4O)C(O)C3O)cc2)NC1=O. The average molecular weight is 1440 g/mol. The molecule has 23 N–H and O–H groups in total. The third-order valence-electron chi connectivity index (χ3n) is 18.8. The van der Waals surface area contributed by atoms with Crippen molar-refractivity contribution < 1.29 is 133 Å². The molecule has 8 aliphatic rings. The second kappa shape index (κ2) is 32.6. The Balaban J connectivity index is 0.835. The Kier molecular flexibility index (Phi) is 23.9. The predicted molar refractivity (Wildman–Crippen MR) is 341 cm³/mol. The summed E-state index contributed by atoms with van der Waals surface area (Å²) in [6, 6.07) is 6.00. The van der Waals surface area contributed by atoms with E-state index in [1.807, 2.05) is 0 Å². The number of fused-ring (bicyclic) bond motifs is 2. The van der Waals surface area contributed by atoms with Crippen LogP contribution >= 0.6 is 0 Å². The van der Waals surface area contributed by atoms with Gasteiger partial charge < -0.3 is 157 Å². The topological polar surface area (TPSA) is 592 Å². The molecule has 8 aliphatic heterocycles. The molecule has 39 heteroatoms. The molecule has 3 aromatic carbocycles. The molecule has 0 saturated carbocycles.